The van der Waals surface area contributed by atoms with Crippen molar-refractivity contribution >= 4 is 17.4 Å². The Morgan fingerprint density at radius 2 is 2.25 bits per heavy atom. The van der Waals surface area contributed by atoms with Crippen molar-refractivity contribution < 1.29 is 9.84 Å². The number of ether oxygens (including phenoxy) is 1. The SMILES string of the molecule is N#CC1=C(N)Oc2cc(O)c(Cl)cc2C1c1cn2cccnc2n1. The van der Waals surface area contributed by atoms with Gasteiger partial charge in [0.25, 0.3) is 0 Å². The standard InChI is InChI=1S/C16H10ClN5O2/c17-10-4-8-13(5-12(10)23)24-15(19)9(6-18)14(8)11-7-22-3-1-2-20-16(22)21-11/h1-5,7,14,23H,19H2. The molecule has 0 amide bonds. The van der Waals surface area contributed by atoms with E-state index in [1.807, 2.05) is 6.20 Å². The minimum atomic E-state index is -0.557. The number of phenolic OH excluding ortho intramolecular Hbond substituents is 1. The van der Waals surface area contributed by atoms with Gasteiger partial charge in [-0.3, -0.25) is 4.40 Å². The van der Waals surface area contributed by atoms with Crippen LogP contribution in [0, 0.1) is 11.3 Å². The highest BCUT2D eigenvalue weighted by atomic mass is 35.5. The second kappa shape index (κ2) is 5.15. The Morgan fingerprint density at radius 1 is 1.42 bits per heavy atom. The quantitative estimate of drug-likeness (QED) is 0.704. The second-order valence-corrected chi connectivity index (χ2v) is 5.67. The smallest absolute Gasteiger partial charge is 0.233 e. The van der Waals surface area contributed by atoms with Gasteiger partial charge in [-0.15, -0.1) is 0 Å². The average molecular weight is 340 g/mol. The topological polar surface area (TPSA) is 109 Å². The van der Waals surface area contributed by atoms with Gasteiger partial charge in [-0.25, -0.2) is 9.97 Å². The Kier molecular flexibility index (Phi) is 3.08. The Hall–Kier alpha value is -3.24. The average Bonchev–Trinajstić information content (AvgIpc) is 2.99. The summed E-state index contributed by atoms with van der Waals surface area (Å²) < 4.78 is 7.21. The zero-order valence-electron chi connectivity index (χ0n) is 12.1. The van der Waals surface area contributed by atoms with Crippen molar-refractivity contribution in [2.24, 2.45) is 5.73 Å². The highest BCUT2D eigenvalue weighted by Gasteiger charge is 2.33. The number of halogens is 1. The molecule has 0 radical (unpaired) electrons. The van der Waals surface area contributed by atoms with Crippen LogP contribution in [-0.2, 0) is 0 Å². The van der Waals surface area contributed by atoms with Gasteiger partial charge in [0.05, 0.1) is 16.6 Å². The summed E-state index contributed by atoms with van der Waals surface area (Å²) in [5.41, 5.74) is 7.30. The van der Waals surface area contributed by atoms with Crippen molar-refractivity contribution in [1.29, 1.82) is 5.26 Å². The Bertz CT molecular complexity index is 1020. The molecule has 4 rings (SSSR count). The lowest BCUT2D eigenvalue weighted by Gasteiger charge is -2.25. The number of aromatic nitrogens is 3. The van der Waals surface area contributed by atoms with E-state index in [1.54, 1.807) is 28.9 Å². The fourth-order valence-corrected chi connectivity index (χ4v) is 2.93. The first kappa shape index (κ1) is 14.4. The summed E-state index contributed by atoms with van der Waals surface area (Å²) in [7, 11) is 0. The predicted molar refractivity (Wildman–Crippen MR) is 85.4 cm³/mol. The van der Waals surface area contributed by atoms with Gasteiger partial charge in [-0.1, -0.05) is 11.6 Å². The van der Waals surface area contributed by atoms with Crippen LogP contribution in [0.5, 0.6) is 11.5 Å². The molecule has 0 saturated heterocycles. The molecule has 24 heavy (non-hydrogen) atoms. The minimum absolute atomic E-state index is 0.0262. The summed E-state index contributed by atoms with van der Waals surface area (Å²) in [4.78, 5) is 8.65. The first-order valence-electron chi connectivity index (χ1n) is 6.98. The van der Waals surface area contributed by atoms with Gasteiger partial charge >= 0.3 is 0 Å². The third-order valence-electron chi connectivity index (χ3n) is 3.83. The third kappa shape index (κ3) is 2.05. The first-order valence-corrected chi connectivity index (χ1v) is 7.36. The van der Waals surface area contributed by atoms with E-state index >= 15 is 0 Å². The van der Waals surface area contributed by atoms with Crippen LogP contribution >= 0.6 is 11.6 Å². The van der Waals surface area contributed by atoms with Gasteiger partial charge < -0.3 is 15.6 Å². The number of phenols is 1. The van der Waals surface area contributed by atoms with E-state index in [1.165, 1.54) is 6.07 Å². The summed E-state index contributed by atoms with van der Waals surface area (Å²) in [6.07, 6.45) is 5.21. The molecule has 118 valence electrons. The van der Waals surface area contributed by atoms with Crippen molar-refractivity contribution in [2.45, 2.75) is 5.92 Å². The maximum atomic E-state index is 9.79. The van der Waals surface area contributed by atoms with Crippen LogP contribution in [0.2, 0.25) is 5.02 Å². The highest BCUT2D eigenvalue weighted by Crippen LogP contribution is 2.45. The fourth-order valence-electron chi connectivity index (χ4n) is 2.76. The number of benzene rings is 1. The Morgan fingerprint density at radius 3 is 3.00 bits per heavy atom. The molecule has 0 spiro atoms. The van der Waals surface area contributed by atoms with E-state index in [-0.39, 0.29) is 22.2 Å². The van der Waals surface area contributed by atoms with Crippen LogP contribution in [0.4, 0.5) is 0 Å². The van der Waals surface area contributed by atoms with E-state index in [4.69, 9.17) is 22.1 Å². The number of imidazole rings is 1. The van der Waals surface area contributed by atoms with Gasteiger partial charge in [-0.05, 0) is 12.1 Å². The molecule has 3 aromatic rings. The molecule has 8 heteroatoms. The molecule has 1 atom stereocenters. The molecule has 3 heterocycles. The van der Waals surface area contributed by atoms with Crippen LogP contribution in [0.25, 0.3) is 5.78 Å². The number of nitrogens with zero attached hydrogens (tertiary/aromatic N) is 4. The summed E-state index contributed by atoms with van der Waals surface area (Å²) in [5, 5.41) is 19.5. The van der Waals surface area contributed by atoms with Crippen molar-refractivity contribution in [3.63, 3.8) is 0 Å². The lowest BCUT2D eigenvalue weighted by molar-refractivity contribution is 0.387. The van der Waals surface area contributed by atoms with Gasteiger partial charge in [0.2, 0.25) is 11.7 Å². The van der Waals surface area contributed by atoms with Crippen LogP contribution in [-0.4, -0.2) is 19.5 Å². The molecule has 1 unspecified atom stereocenters. The molecule has 1 aromatic carbocycles. The van der Waals surface area contributed by atoms with E-state index in [0.29, 0.717) is 22.8 Å². The normalized spacial score (nSPS) is 16.6. The lowest BCUT2D eigenvalue weighted by Crippen LogP contribution is -2.21. The molecular formula is C16H10ClN5O2. The summed E-state index contributed by atoms with van der Waals surface area (Å²) in [5.74, 6) is 0.129. The number of hydrogen-bond acceptors (Lipinski definition) is 6. The number of nitrogens with two attached hydrogens (primary N) is 1. The van der Waals surface area contributed by atoms with Gasteiger partial charge in [0.15, 0.2) is 0 Å². The zero-order chi connectivity index (χ0) is 16.8. The number of allylic oxidation sites excluding steroid dienone is 1. The number of hydrogen-bond donors (Lipinski definition) is 2. The number of rotatable bonds is 1. The number of aromatic hydroxyl groups is 1. The second-order valence-electron chi connectivity index (χ2n) is 5.26. The van der Waals surface area contributed by atoms with Crippen LogP contribution in [0.15, 0.2) is 48.2 Å². The molecule has 7 nitrogen and oxygen atoms in total. The molecule has 2 aromatic heterocycles. The molecule has 1 aliphatic rings. The van der Waals surface area contributed by atoms with Gasteiger partial charge in [0, 0.05) is 30.2 Å². The molecule has 1 aliphatic heterocycles. The van der Waals surface area contributed by atoms with Crippen LogP contribution < -0.4 is 10.5 Å². The van der Waals surface area contributed by atoms with Crippen LogP contribution in [0.3, 0.4) is 0 Å². The van der Waals surface area contributed by atoms with Crippen molar-refractivity contribution in [1.82, 2.24) is 14.4 Å². The maximum Gasteiger partial charge on any atom is 0.233 e. The van der Waals surface area contributed by atoms with Gasteiger partial charge in [0.1, 0.15) is 23.1 Å². The molecule has 3 N–H and O–H groups in total. The largest absolute Gasteiger partial charge is 0.506 e. The lowest BCUT2D eigenvalue weighted by atomic mass is 9.87. The Balaban J connectivity index is 1.98. The van der Waals surface area contributed by atoms with Crippen molar-refractivity contribution in [3.05, 3.63) is 64.5 Å². The van der Waals surface area contributed by atoms with Gasteiger partial charge in [-0.2, -0.15) is 5.26 Å². The molecule has 0 bridgehead atoms. The van der Waals surface area contributed by atoms with E-state index in [0.717, 1.165) is 0 Å². The number of fused-ring (bicyclic) bond motifs is 2. The number of nitriles is 1. The van der Waals surface area contributed by atoms with E-state index < -0.39 is 5.92 Å². The molecular weight excluding hydrogens is 330 g/mol. The van der Waals surface area contributed by atoms with E-state index in [2.05, 4.69) is 16.0 Å². The fraction of sp³-hybridized carbons (Fsp3) is 0.0625. The predicted octanol–water partition coefficient (Wildman–Crippen LogP) is 2.31. The third-order valence-corrected chi connectivity index (χ3v) is 4.14. The minimum Gasteiger partial charge on any atom is -0.506 e. The monoisotopic (exact) mass is 339 g/mol. The highest BCUT2D eigenvalue weighted by molar-refractivity contribution is 6.32. The summed E-state index contributed by atoms with van der Waals surface area (Å²) in [6, 6.07) is 6.78. The zero-order valence-corrected chi connectivity index (χ0v) is 12.9. The van der Waals surface area contributed by atoms with Crippen molar-refractivity contribution in [2.75, 3.05) is 0 Å². The molecule has 0 fully saturated rings. The molecule has 0 saturated carbocycles. The molecule has 0 aliphatic carbocycles. The Labute approximate surface area is 141 Å². The summed E-state index contributed by atoms with van der Waals surface area (Å²) in [6.45, 7) is 0. The van der Waals surface area contributed by atoms with Crippen LogP contribution in [0.1, 0.15) is 17.2 Å². The first-order chi connectivity index (χ1) is 11.6. The maximum absolute atomic E-state index is 9.79. The summed E-state index contributed by atoms with van der Waals surface area (Å²) >= 11 is 6.03. The van der Waals surface area contributed by atoms with Crippen molar-refractivity contribution in [3.8, 4) is 17.6 Å². The van der Waals surface area contributed by atoms with E-state index in [9.17, 15) is 10.4 Å².